The molecule has 0 saturated carbocycles. The van der Waals surface area contributed by atoms with Gasteiger partial charge in [-0.3, -0.25) is 4.79 Å². The Morgan fingerprint density at radius 3 is 2.26 bits per heavy atom. The lowest BCUT2D eigenvalue weighted by Gasteiger charge is -2.31. The van der Waals surface area contributed by atoms with Gasteiger partial charge in [0.1, 0.15) is 5.75 Å². The number of aryl methyl sites for hydroxylation is 1. The third-order valence-corrected chi connectivity index (χ3v) is 7.60. The standard InChI is InChI=1S/C27H28O3S/c1-27(22-10-4-2-5-11-22,23-12-6-3-7-13-23)31-18-17-21-19-30-26-20(15-16-25(28)29)9-8-14-24(21)26/h2-14,21H,15-19H2,1H3,(H,28,29). The summed E-state index contributed by atoms with van der Waals surface area (Å²) in [6, 6.07) is 27.6. The van der Waals surface area contributed by atoms with Crippen LogP contribution in [-0.4, -0.2) is 23.4 Å². The van der Waals surface area contributed by atoms with Crippen LogP contribution in [-0.2, 0) is 16.0 Å². The maximum atomic E-state index is 11.0. The molecular weight excluding hydrogens is 404 g/mol. The van der Waals surface area contributed by atoms with Gasteiger partial charge < -0.3 is 9.84 Å². The van der Waals surface area contributed by atoms with E-state index in [0.717, 1.165) is 23.5 Å². The molecule has 3 nitrogen and oxygen atoms in total. The third-order valence-electron chi connectivity index (χ3n) is 6.11. The van der Waals surface area contributed by atoms with E-state index in [9.17, 15) is 4.79 Å². The molecule has 0 aliphatic carbocycles. The van der Waals surface area contributed by atoms with Crippen molar-refractivity contribution < 1.29 is 14.6 Å². The zero-order chi connectivity index (χ0) is 21.7. The Morgan fingerprint density at radius 1 is 1.00 bits per heavy atom. The second kappa shape index (κ2) is 9.61. The minimum Gasteiger partial charge on any atom is -0.492 e. The van der Waals surface area contributed by atoms with E-state index in [0.29, 0.717) is 18.9 Å². The highest BCUT2D eigenvalue weighted by atomic mass is 32.2. The summed E-state index contributed by atoms with van der Waals surface area (Å²) in [4.78, 5) is 11.0. The van der Waals surface area contributed by atoms with Crippen LogP contribution in [0.2, 0.25) is 0 Å². The summed E-state index contributed by atoms with van der Waals surface area (Å²) in [5, 5.41) is 9.01. The van der Waals surface area contributed by atoms with Crippen molar-refractivity contribution in [2.75, 3.05) is 12.4 Å². The molecule has 1 N–H and O–H groups in total. The first-order valence-electron chi connectivity index (χ1n) is 10.8. The number of carboxylic acids is 1. The number of carbonyl (C=O) groups is 1. The van der Waals surface area contributed by atoms with Gasteiger partial charge in [-0.15, -0.1) is 11.8 Å². The molecule has 1 atom stereocenters. The Balaban J connectivity index is 1.48. The molecule has 4 heteroatoms. The molecule has 0 aromatic heterocycles. The van der Waals surface area contributed by atoms with Gasteiger partial charge in [-0.2, -0.15) is 0 Å². The van der Waals surface area contributed by atoms with E-state index in [4.69, 9.17) is 9.84 Å². The summed E-state index contributed by atoms with van der Waals surface area (Å²) < 4.78 is 5.91. The number of ether oxygens (including phenoxy) is 1. The lowest BCUT2D eigenvalue weighted by Crippen LogP contribution is -2.20. The number of para-hydroxylation sites is 1. The topological polar surface area (TPSA) is 46.5 Å². The van der Waals surface area contributed by atoms with Crippen molar-refractivity contribution in [3.8, 4) is 5.75 Å². The number of fused-ring (bicyclic) bond motifs is 1. The lowest BCUT2D eigenvalue weighted by molar-refractivity contribution is -0.136. The van der Waals surface area contributed by atoms with Crippen LogP contribution in [0.3, 0.4) is 0 Å². The monoisotopic (exact) mass is 432 g/mol. The van der Waals surface area contributed by atoms with Crippen molar-refractivity contribution in [2.45, 2.75) is 36.9 Å². The third kappa shape index (κ3) is 4.80. The number of benzene rings is 3. The van der Waals surface area contributed by atoms with Gasteiger partial charge in [0.25, 0.3) is 0 Å². The second-order valence-electron chi connectivity index (χ2n) is 8.14. The van der Waals surface area contributed by atoms with Gasteiger partial charge in [0.15, 0.2) is 0 Å². The minimum absolute atomic E-state index is 0.117. The van der Waals surface area contributed by atoms with Crippen LogP contribution in [0.1, 0.15) is 47.9 Å². The van der Waals surface area contributed by atoms with Gasteiger partial charge in [0, 0.05) is 17.9 Å². The van der Waals surface area contributed by atoms with Crippen LogP contribution >= 0.6 is 11.8 Å². The Morgan fingerprint density at radius 2 is 1.65 bits per heavy atom. The van der Waals surface area contributed by atoms with Crippen molar-refractivity contribution in [3.05, 3.63) is 101 Å². The highest BCUT2D eigenvalue weighted by molar-refractivity contribution is 8.00. The van der Waals surface area contributed by atoms with Crippen LogP contribution in [0.5, 0.6) is 5.75 Å². The minimum atomic E-state index is -0.773. The first kappa shape index (κ1) is 21.5. The Kier molecular flexibility index (Phi) is 6.67. The van der Waals surface area contributed by atoms with E-state index < -0.39 is 5.97 Å². The Bertz CT molecular complexity index is 978. The fourth-order valence-electron chi connectivity index (χ4n) is 4.30. The summed E-state index contributed by atoms with van der Waals surface area (Å²) in [7, 11) is 0. The highest BCUT2D eigenvalue weighted by Gasteiger charge is 2.31. The van der Waals surface area contributed by atoms with Crippen molar-refractivity contribution in [3.63, 3.8) is 0 Å². The van der Waals surface area contributed by atoms with Crippen LogP contribution in [0.4, 0.5) is 0 Å². The molecule has 0 amide bonds. The zero-order valence-corrected chi connectivity index (χ0v) is 18.6. The fraction of sp³-hybridized carbons (Fsp3) is 0.296. The van der Waals surface area contributed by atoms with E-state index in [1.165, 1.54) is 16.7 Å². The molecule has 160 valence electrons. The molecule has 0 spiro atoms. The maximum absolute atomic E-state index is 11.0. The van der Waals surface area contributed by atoms with E-state index in [2.05, 4.69) is 73.7 Å². The fourth-order valence-corrected chi connectivity index (χ4v) is 5.72. The lowest BCUT2D eigenvalue weighted by atomic mass is 9.92. The quantitative estimate of drug-likeness (QED) is 0.433. The van der Waals surface area contributed by atoms with Crippen LogP contribution in [0.25, 0.3) is 0 Å². The van der Waals surface area contributed by atoms with Gasteiger partial charge in [0.2, 0.25) is 0 Å². The Labute approximate surface area is 188 Å². The van der Waals surface area contributed by atoms with E-state index in [-0.39, 0.29) is 11.2 Å². The summed E-state index contributed by atoms with van der Waals surface area (Å²) >= 11 is 1.98. The number of rotatable bonds is 9. The molecule has 31 heavy (non-hydrogen) atoms. The number of thioether (sulfide) groups is 1. The second-order valence-corrected chi connectivity index (χ2v) is 9.65. The summed E-state index contributed by atoms with van der Waals surface area (Å²) in [5.74, 6) is 1.49. The molecule has 1 aliphatic rings. The van der Waals surface area contributed by atoms with Gasteiger partial charge >= 0.3 is 5.97 Å². The first-order valence-corrected chi connectivity index (χ1v) is 11.8. The van der Waals surface area contributed by atoms with Crippen molar-refractivity contribution in [2.24, 2.45) is 0 Å². The van der Waals surface area contributed by atoms with Crippen LogP contribution < -0.4 is 4.74 Å². The van der Waals surface area contributed by atoms with Gasteiger partial charge in [0.05, 0.1) is 11.4 Å². The van der Waals surface area contributed by atoms with E-state index in [1.54, 1.807) is 0 Å². The predicted molar refractivity (Wildman–Crippen MR) is 127 cm³/mol. The molecule has 0 fully saturated rings. The summed E-state index contributed by atoms with van der Waals surface area (Å²) in [6.45, 7) is 2.98. The molecule has 0 bridgehead atoms. The van der Waals surface area contributed by atoms with Crippen molar-refractivity contribution >= 4 is 17.7 Å². The molecular formula is C27H28O3S. The van der Waals surface area contributed by atoms with Crippen LogP contribution in [0, 0.1) is 0 Å². The van der Waals surface area contributed by atoms with Crippen molar-refractivity contribution in [1.82, 2.24) is 0 Å². The number of carboxylic acid groups (broad SMARTS) is 1. The molecule has 0 radical (unpaired) electrons. The maximum Gasteiger partial charge on any atom is 0.303 e. The van der Waals surface area contributed by atoms with E-state index >= 15 is 0 Å². The average molecular weight is 433 g/mol. The van der Waals surface area contributed by atoms with Crippen molar-refractivity contribution in [1.29, 1.82) is 0 Å². The zero-order valence-electron chi connectivity index (χ0n) is 17.8. The van der Waals surface area contributed by atoms with Gasteiger partial charge in [-0.25, -0.2) is 0 Å². The Hall–Kier alpha value is -2.72. The first-order chi connectivity index (χ1) is 15.1. The predicted octanol–water partition coefficient (Wildman–Crippen LogP) is 6.27. The molecule has 0 saturated heterocycles. The van der Waals surface area contributed by atoms with Crippen LogP contribution in [0.15, 0.2) is 78.9 Å². The number of aliphatic carboxylic acids is 1. The summed E-state index contributed by atoms with van der Waals surface area (Å²) in [6.07, 6.45) is 1.67. The molecule has 1 aliphatic heterocycles. The largest absolute Gasteiger partial charge is 0.492 e. The van der Waals surface area contributed by atoms with Gasteiger partial charge in [-0.05, 0) is 42.2 Å². The molecule has 4 rings (SSSR count). The van der Waals surface area contributed by atoms with Gasteiger partial charge in [-0.1, -0.05) is 78.9 Å². The molecule has 3 aromatic carbocycles. The SMILES string of the molecule is CC(SCCC1COc2c(CCC(=O)O)cccc21)(c1ccccc1)c1ccccc1. The number of hydrogen-bond acceptors (Lipinski definition) is 3. The molecule has 1 unspecified atom stereocenters. The average Bonchev–Trinajstić information content (AvgIpc) is 3.22. The van der Waals surface area contributed by atoms with E-state index in [1.807, 2.05) is 23.9 Å². The molecule has 1 heterocycles. The number of hydrogen-bond donors (Lipinski definition) is 1. The highest BCUT2D eigenvalue weighted by Crippen LogP contribution is 2.45. The smallest absolute Gasteiger partial charge is 0.303 e. The summed E-state index contributed by atoms with van der Waals surface area (Å²) in [5.41, 5.74) is 4.86. The normalized spacial score (nSPS) is 15.3. The molecule has 3 aromatic rings.